The number of carbonyl (C=O) groups excluding carboxylic acids is 2. The van der Waals surface area contributed by atoms with Gasteiger partial charge in [-0.25, -0.2) is 4.98 Å². The largest absolute Gasteiger partial charge is 0.343 e. The van der Waals surface area contributed by atoms with Crippen LogP contribution in [0.1, 0.15) is 10.6 Å². The summed E-state index contributed by atoms with van der Waals surface area (Å²) in [4.78, 5) is 26.9. The van der Waals surface area contributed by atoms with Gasteiger partial charge in [0.1, 0.15) is 6.04 Å². The van der Waals surface area contributed by atoms with Crippen molar-refractivity contribution in [3.8, 4) is 0 Å². The molecular weight excluding hydrogens is 196 g/mol. The topological polar surface area (TPSA) is 76.0 Å². The second-order valence-electron chi connectivity index (χ2n) is 3.48. The second-order valence-corrected chi connectivity index (χ2v) is 3.48. The highest BCUT2D eigenvalue weighted by atomic mass is 16.2. The van der Waals surface area contributed by atoms with Crippen LogP contribution in [0.5, 0.6) is 0 Å². The molecule has 0 bridgehead atoms. The van der Waals surface area contributed by atoms with E-state index in [-0.39, 0.29) is 18.2 Å². The minimum absolute atomic E-state index is 0.159. The van der Waals surface area contributed by atoms with Crippen LogP contribution < -0.4 is 10.6 Å². The molecule has 0 aliphatic carbocycles. The SMILES string of the molecule is Cn1ccnc1C(=O)C1CNCC(=O)N1. The van der Waals surface area contributed by atoms with E-state index in [1.54, 1.807) is 24.0 Å². The Morgan fingerprint density at radius 2 is 2.47 bits per heavy atom. The summed E-state index contributed by atoms with van der Waals surface area (Å²) in [6, 6.07) is -0.507. The number of rotatable bonds is 2. The first-order valence-electron chi connectivity index (χ1n) is 4.70. The summed E-state index contributed by atoms with van der Waals surface area (Å²) in [5, 5.41) is 5.50. The highest BCUT2D eigenvalue weighted by molar-refractivity contribution is 6.00. The molecule has 1 saturated heterocycles. The normalized spacial score (nSPS) is 21.1. The van der Waals surface area contributed by atoms with Crippen LogP contribution in [0.25, 0.3) is 0 Å². The summed E-state index contributed by atoms with van der Waals surface area (Å²) in [5.41, 5.74) is 0. The Balaban J connectivity index is 2.14. The van der Waals surface area contributed by atoms with Gasteiger partial charge in [0.05, 0.1) is 6.54 Å². The number of piperazine rings is 1. The lowest BCUT2D eigenvalue weighted by Gasteiger charge is -2.22. The number of hydrogen-bond acceptors (Lipinski definition) is 4. The molecule has 2 N–H and O–H groups in total. The standard InChI is InChI=1S/C9H12N4O2/c1-13-3-2-11-9(13)8(15)6-4-10-5-7(14)12-6/h2-3,6,10H,4-5H2,1H3,(H,12,14). The highest BCUT2D eigenvalue weighted by Crippen LogP contribution is 2.01. The third-order valence-electron chi connectivity index (χ3n) is 2.33. The maximum atomic E-state index is 11.9. The fraction of sp³-hybridized carbons (Fsp3) is 0.444. The third-order valence-corrected chi connectivity index (χ3v) is 2.33. The summed E-state index contributed by atoms with van der Waals surface area (Å²) in [5.74, 6) is 0.0425. The minimum atomic E-state index is -0.507. The molecule has 1 aromatic heterocycles. The summed E-state index contributed by atoms with van der Waals surface area (Å²) >= 11 is 0. The fourth-order valence-corrected chi connectivity index (χ4v) is 1.54. The third kappa shape index (κ3) is 1.89. The Labute approximate surface area is 86.7 Å². The van der Waals surface area contributed by atoms with Gasteiger partial charge in [0.25, 0.3) is 0 Å². The number of amides is 1. The van der Waals surface area contributed by atoms with E-state index < -0.39 is 6.04 Å². The number of hydrogen-bond donors (Lipinski definition) is 2. The van der Waals surface area contributed by atoms with Crippen molar-refractivity contribution < 1.29 is 9.59 Å². The lowest BCUT2D eigenvalue weighted by atomic mass is 10.1. The van der Waals surface area contributed by atoms with E-state index >= 15 is 0 Å². The first-order valence-corrected chi connectivity index (χ1v) is 4.70. The summed E-state index contributed by atoms with van der Waals surface area (Å²) < 4.78 is 1.64. The lowest BCUT2D eigenvalue weighted by Crippen LogP contribution is -2.55. The summed E-state index contributed by atoms with van der Waals surface area (Å²) in [6.07, 6.45) is 3.26. The number of imidazole rings is 1. The zero-order chi connectivity index (χ0) is 10.8. The molecule has 1 aliphatic rings. The Kier molecular flexibility index (Phi) is 2.51. The number of nitrogens with one attached hydrogen (secondary N) is 2. The van der Waals surface area contributed by atoms with Gasteiger partial charge in [0.2, 0.25) is 11.7 Å². The molecule has 1 fully saturated rings. The van der Waals surface area contributed by atoms with Crippen LogP contribution in [0.4, 0.5) is 0 Å². The number of ketones is 1. The van der Waals surface area contributed by atoms with E-state index in [1.165, 1.54) is 0 Å². The van der Waals surface area contributed by atoms with E-state index in [4.69, 9.17) is 0 Å². The molecule has 6 nitrogen and oxygen atoms in total. The van der Waals surface area contributed by atoms with Crippen LogP contribution in [-0.2, 0) is 11.8 Å². The quantitative estimate of drug-likeness (QED) is 0.592. The van der Waals surface area contributed by atoms with Crippen molar-refractivity contribution in [2.75, 3.05) is 13.1 Å². The molecule has 2 heterocycles. The second kappa shape index (κ2) is 3.82. The van der Waals surface area contributed by atoms with Gasteiger partial charge in [-0.05, 0) is 0 Å². The van der Waals surface area contributed by atoms with Crippen molar-refractivity contribution in [2.24, 2.45) is 7.05 Å². The van der Waals surface area contributed by atoms with Crippen LogP contribution in [0.2, 0.25) is 0 Å². The maximum absolute atomic E-state index is 11.9. The first kappa shape index (κ1) is 9.85. The Morgan fingerprint density at radius 3 is 3.07 bits per heavy atom. The molecule has 80 valence electrons. The van der Waals surface area contributed by atoms with E-state index in [2.05, 4.69) is 15.6 Å². The Hall–Kier alpha value is -1.69. The molecule has 15 heavy (non-hydrogen) atoms. The molecular formula is C9H12N4O2. The molecule has 0 saturated carbocycles. The average Bonchev–Trinajstić information content (AvgIpc) is 2.63. The molecule has 1 unspecified atom stereocenters. The van der Waals surface area contributed by atoms with E-state index in [0.29, 0.717) is 12.4 Å². The fourth-order valence-electron chi connectivity index (χ4n) is 1.54. The van der Waals surface area contributed by atoms with Crippen molar-refractivity contribution in [1.29, 1.82) is 0 Å². The number of Topliss-reactive ketones (excluding diaryl/α,β-unsaturated/α-hetero) is 1. The monoisotopic (exact) mass is 208 g/mol. The van der Waals surface area contributed by atoms with Crippen LogP contribution in [0, 0.1) is 0 Å². The number of carbonyl (C=O) groups is 2. The maximum Gasteiger partial charge on any atom is 0.234 e. The molecule has 0 radical (unpaired) electrons. The smallest absolute Gasteiger partial charge is 0.234 e. The number of aromatic nitrogens is 2. The summed E-state index contributed by atoms with van der Waals surface area (Å²) in [6.45, 7) is 0.724. The molecule has 1 aromatic rings. The van der Waals surface area contributed by atoms with Crippen LogP contribution in [0.3, 0.4) is 0 Å². The predicted octanol–water partition coefficient (Wildman–Crippen LogP) is -1.31. The van der Waals surface area contributed by atoms with Gasteiger partial charge >= 0.3 is 0 Å². The first-order chi connectivity index (χ1) is 7.18. The summed E-state index contributed by atoms with van der Waals surface area (Å²) in [7, 11) is 1.75. The minimum Gasteiger partial charge on any atom is -0.343 e. The van der Waals surface area contributed by atoms with Crippen LogP contribution >= 0.6 is 0 Å². The highest BCUT2D eigenvalue weighted by Gasteiger charge is 2.27. The van der Waals surface area contributed by atoms with Crippen molar-refractivity contribution in [3.05, 3.63) is 18.2 Å². The van der Waals surface area contributed by atoms with E-state index in [9.17, 15) is 9.59 Å². The van der Waals surface area contributed by atoms with Gasteiger partial charge in [-0.2, -0.15) is 0 Å². The Morgan fingerprint density at radius 1 is 1.67 bits per heavy atom. The van der Waals surface area contributed by atoms with E-state index in [1.807, 2.05) is 0 Å². The molecule has 0 aromatic carbocycles. The van der Waals surface area contributed by atoms with Gasteiger partial charge in [0.15, 0.2) is 5.82 Å². The van der Waals surface area contributed by atoms with Crippen LogP contribution in [-0.4, -0.2) is 40.4 Å². The van der Waals surface area contributed by atoms with Crippen molar-refractivity contribution in [1.82, 2.24) is 20.2 Å². The molecule has 1 atom stereocenters. The van der Waals surface area contributed by atoms with Gasteiger partial charge in [-0.1, -0.05) is 0 Å². The Bertz CT molecular complexity index is 399. The molecule has 0 spiro atoms. The van der Waals surface area contributed by atoms with Gasteiger partial charge < -0.3 is 15.2 Å². The van der Waals surface area contributed by atoms with Crippen molar-refractivity contribution in [2.45, 2.75) is 6.04 Å². The zero-order valence-corrected chi connectivity index (χ0v) is 8.36. The molecule has 1 amide bonds. The molecule has 6 heteroatoms. The number of nitrogens with zero attached hydrogens (tertiary/aromatic N) is 2. The van der Waals surface area contributed by atoms with Gasteiger partial charge in [0, 0.05) is 26.0 Å². The molecule has 1 aliphatic heterocycles. The zero-order valence-electron chi connectivity index (χ0n) is 8.36. The van der Waals surface area contributed by atoms with Gasteiger partial charge in [-0.3, -0.25) is 9.59 Å². The van der Waals surface area contributed by atoms with Crippen LogP contribution in [0.15, 0.2) is 12.4 Å². The van der Waals surface area contributed by atoms with Gasteiger partial charge in [-0.15, -0.1) is 0 Å². The lowest BCUT2D eigenvalue weighted by molar-refractivity contribution is -0.121. The van der Waals surface area contributed by atoms with Crippen molar-refractivity contribution in [3.63, 3.8) is 0 Å². The van der Waals surface area contributed by atoms with Crippen molar-refractivity contribution >= 4 is 11.7 Å². The number of aryl methyl sites for hydroxylation is 1. The van der Waals surface area contributed by atoms with E-state index in [0.717, 1.165) is 0 Å². The average molecular weight is 208 g/mol. The predicted molar refractivity (Wildman–Crippen MR) is 52.3 cm³/mol. The molecule has 2 rings (SSSR count).